The normalized spacial score (nSPS) is 12.2. The van der Waals surface area contributed by atoms with Crippen LogP contribution in [0.3, 0.4) is 0 Å². The number of hydrogen-bond donors (Lipinski definition) is 1. The van der Waals surface area contributed by atoms with Crippen molar-refractivity contribution in [2.75, 3.05) is 5.75 Å². The Bertz CT molecular complexity index is 1470. The van der Waals surface area contributed by atoms with Crippen LogP contribution >= 0.6 is 11.6 Å². The number of imidazole rings is 1. The van der Waals surface area contributed by atoms with E-state index >= 15 is 4.39 Å². The molecule has 5 nitrogen and oxygen atoms in total. The van der Waals surface area contributed by atoms with Crippen LogP contribution in [-0.4, -0.2) is 28.8 Å². The van der Waals surface area contributed by atoms with E-state index in [0.29, 0.717) is 33.4 Å². The summed E-state index contributed by atoms with van der Waals surface area (Å²) in [6.07, 6.45) is 1.65. The molecule has 0 spiro atoms. The van der Waals surface area contributed by atoms with Crippen LogP contribution in [0, 0.1) is 5.82 Å². The number of halogens is 2. The lowest BCUT2D eigenvalue weighted by atomic mass is 10.0. The van der Waals surface area contributed by atoms with E-state index in [1.54, 1.807) is 74.0 Å². The van der Waals surface area contributed by atoms with Crippen molar-refractivity contribution in [1.29, 1.82) is 0 Å². The standard InChI is InChI=1S/C26H24ClFN2O3S/c1-4-34(32,33)19-9-7-8-17(14-19)20-13-12-18(15-23(20)28)30-16-24(26(2,3)31)29-25(30)21-10-5-6-11-22(21)27/h5-16,31H,4H2,1-3H3. The topological polar surface area (TPSA) is 72.2 Å². The van der Waals surface area contributed by atoms with Crippen LogP contribution in [0.4, 0.5) is 4.39 Å². The molecule has 0 amide bonds. The van der Waals surface area contributed by atoms with Gasteiger partial charge in [-0.3, -0.25) is 4.57 Å². The molecule has 4 rings (SSSR count). The summed E-state index contributed by atoms with van der Waals surface area (Å²) in [4.78, 5) is 4.74. The fraction of sp³-hybridized carbons (Fsp3) is 0.192. The number of sulfone groups is 1. The lowest BCUT2D eigenvalue weighted by Crippen LogP contribution is -2.15. The molecule has 0 aliphatic carbocycles. The zero-order valence-corrected chi connectivity index (χ0v) is 20.5. The van der Waals surface area contributed by atoms with Crippen LogP contribution in [-0.2, 0) is 15.4 Å². The van der Waals surface area contributed by atoms with Crippen molar-refractivity contribution in [3.8, 4) is 28.2 Å². The van der Waals surface area contributed by atoms with Gasteiger partial charge in [-0.1, -0.05) is 42.8 Å². The molecule has 0 aliphatic heterocycles. The predicted octanol–water partition coefficient (Wildman–Crippen LogP) is 6.02. The van der Waals surface area contributed by atoms with Crippen molar-refractivity contribution in [2.45, 2.75) is 31.3 Å². The van der Waals surface area contributed by atoms with Gasteiger partial charge >= 0.3 is 0 Å². The van der Waals surface area contributed by atoms with Crippen LogP contribution in [0.15, 0.2) is 77.8 Å². The maximum atomic E-state index is 15.3. The Balaban J connectivity index is 1.84. The molecular weight excluding hydrogens is 475 g/mol. The molecule has 0 radical (unpaired) electrons. The molecule has 34 heavy (non-hydrogen) atoms. The molecule has 1 heterocycles. The van der Waals surface area contributed by atoms with Crippen LogP contribution in [0.25, 0.3) is 28.2 Å². The maximum Gasteiger partial charge on any atom is 0.178 e. The summed E-state index contributed by atoms with van der Waals surface area (Å²) in [5, 5.41) is 11.0. The van der Waals surface area contributed by atoms with Gasteiger partial charge in [0.15, 0.2) is 9.84 Å². The zero-order valence-electron chi connectivity index (χ0n) is 19.0. The third-order valence-electron chi connectivity index (χ3n) is 5.56. The molecule has 0 aliphatic rings. The van der Waals surface area contributed by atoms with E-state index in [2.05, 4.69) is 4.98 Å². The van der Waals surface area contributed by atoms with Gasteiger partial charge in [-0.05, 0) is 61.9 Å². The summed E-state index contributed by atoms with van der Waals surface area (Å²) in [5.41, 5.74) is 1.06. The SMILES string of the molecule is CCS(=O)(=O)c1cccc(-c2ccc(-n3cc(C(C)(C)O)nc3-c3ccccc3Cl)cc2F)c1. The Hall–Kier alpha value is -3.00. The van der Waals surface area contributed by atoms with Crippen LogP contribution in [0.1, 0.15) is 26.5 Å². The molecule has 0 atom stereocenters. The monoisotopic (exact) mass is 498 g/mol. The number of aliphatic hydroxyl groups is 1. The quantitative estimate of drug-likeness (QED) is 0.353. The van der Waals surface area contributed by atoms with Gasteiger partial charge in [0.05, 0.1) is 27.1 Å². The highest BCUT2D eigenvalue weighted by atomic mass is 35.5. The first-order chi connectivity index (χ1) is 16.0. The number of rotatable bonds is 6. The lowest BCUT2D eigenvalue weighted by Gasteiger charge is -2.13. The van der Waals surface area contributed by atoms with Gasteiger partial charge < -0.3 is 5.11 Å². The molecule has 0 saturated heterocycles. The van der Waals surface area contributed by atoms with Crippen LogP contribution in [0.5, 0.6) is 0 Å². The molecule has 1 N–H and O–H groups in total. The van der Waals surface area contributed by atoms with Crippen LogP contribution in [0.2, 0.25) is 5.02 Å². The molecule has 4 aromatic rings. The smallest absolute Gasteiger partial charge is 0.178 e. The molecule has 0 unspecified atom stereocenters. The average molecular weight is 499 g/mol. The van der Waals surface area contributed by atoms with E-state index in [4.69, 9.17) is 11.6 Å². The summed E-state index contributed by atoms with van der Waals surface area (Å²) in [7, 11) is -3.42. The zero-order chi connectivity index (χ0) is 24.7. The van der Waals surface area contributed by atoms with Crippen molar-refractivity contribution >= 4 is 21.4 Å². The van der Waals surface area contributed by atoms with Crippen molar-refractivity contribution < 1.29 is 17.9 Å². The third kappa shape index (κ3) is 4.64. The van der Waals surface area contributed by atoms with Gasteiger partial charge in [-0.2, -0.15) is 0 Å². The Kier molecular flexibility index (Phi) is 6.38. The van der Waals surface area contributed by atoms with Gasteiger partial charge in [-0.25, -0.2) is 17.8 Å². The van der Waals surface area contributed by atoms with E-state index in [-0.39, 0.29) is 16.2 Å². The lowest BCUT2D eigenvalue weighted by molar-refractivity contribution is 0.0743. The molecule has 1 aromatic heterocycles. The largest absolute Gasteiger partial charge is 0.384 e. The molecule has 3 aromatic carbocycles. The van der Waals surface area contributed by atoms with Gasteiger partial charge in [0.2, 0.25) is 0 Å². The molecule has 0 saturated carbocycles. The second-order valence-corrected chi connectivity index (χ2v) is 11.1. The fourth-order valence-corrected chi connectivity index (χ4v) is 4.76. The highest BCUT2D eigenvalue weighted by molar-refractivity contribution is 7.91. The Labute approximate surface area is 203 Å². The number of aromatic nitrogens is 2. The Morgan fingerprint density at radius 2 is 1.76 bits per heavy atom. The van der Waals surface area contributed by atoms with E-state index in [0.717, 1.165) is 0 Å². The number of benzene rings is 3. The average Bonchev–Trinajstić information content (AvgIpc) is 3.25. The van der Waals surface area contributed by atoms with Gasteiger partial charge in [0.25, 0.3) is 0 Å². The molecular formula is C26H24ClFN2O3S. The minimum atomic E-state index is -3.42. The molecule has 176 valence electrons. The first-order valence-corrected chi connectivity index (χ1v) is 12.7. The second kappa shape index (κ2) is 8.98. The van der Waals surface area contributed by atoms with Crippen molar-refractivity contribution in [2.24, 2.45) is 0 Å². The van der Waals surface area contributed by atoms with Crippen molar-refractivity contribution in [3.63, 3.8) is 0 Å². The first kappa shape index (κ1) is 24.1. The summed E-state index contributed by atoms with van der Waals surface area (Å²) in [5.74, 6) is -0.0922. The van der Waals surface area contributed by atoms with Gasteiger partial charge in [0, 0.05) is 17.3 Å². The Morgan fingerprint density at radius 3 is 2.41 bits per heavy atom. The van der Waals surface area contributed by atoms with E-state index in [1.165, 1.54) is 18.2 Å². The van der Waals surface area contributed by atoms with Crippen LogP contribution < -0.4 is 0 Å². The third-order valence-corrected chi connectivity index (χ3v) is 7.62. The highest BCUT2D eigenvalue weighted by Crippen LogP contribution is 2.33. The van der Waals surface area contributed by atoms with Gasteiger partial charge in [-0.15, -0.1) is 0 Å². The molecule has 8 heteroatoms. The minimum absolute atomic E-state index is 0.0349. The fourth-order valence-electron chi connectivity index (χ4n) is 3.62. The maximum absolute atomic E-state index is 15.3. The predicted molar refractivity (Wildman–Crippen MR) is 132 cm³/mol. The van der Waals surface area contributed by atoms with E-state index in [9.17, 15) is 13.5 Å². The number of hydrogen-bond acceptors (Lipinski definition) is 4. The minimum Gasteiger partial charge on any atom is -0.384 e. The molecule has 0 fully saturated rings. The first-order valence-electron chi connectivity index (χ1n) is 10.7. The number of nitrogens with zero attached hydrogens (tertiary/aromatic N) is 2. The van der Waals surface area contributed by atoms with Gasteiger partial charge in [0.1, 0.15) is 17.2 Å². The van der Waals surface area contributed by atoms with Crippen molar-refractivity contribution in [1.82, 2.24) is 9.55 Å². The molecule has 0 bridgehead atoms. The summed E-state index contributed by atoms with van der Waals surface area (Å²) in [6.45, 7) is 4.81. The summed E-state index contributed by atoms with van der Waals surface area (Å²) < 4.78 is 41.5. The summed E-state index contributed by atoms with van der Waals surface area (Å²) >= 11 is 6.40. The van der Waals surface area contributed by atoms with E-state index < -0.39 is 21.3 Å². The van der Waals surface area contributed by atoms with Crippen molar-refractivity contribution in [3.05, 3.63) is 89.5 Å². The van der Waals surface area contributed by atoms with E-state index in [1.807, 2.05) is 6.07 Å². The Morgan fingerprint density at radius 1 is 1.03 bits per heavy atom. The second-order valence-electron chi connectivity index (χ2n) is 8.45. The highest BCUT2D eigenvalue weighted by Gasteiger charge is 2.24. The summed E-state index contributed by atoms with van der Waals surface area (Å²) in [6, 6.07) is 18.1.